The lowest BCUT2D eigenvalue weighted by Gasteiger charge is -2.30. The van der Waals surface area contributed by atoms with Crippen LogP contribution in [0.2, 0.25) is 0 Å². The quantitative estimate of drug-likeness (QED) is 0.701. The normalized spacial score (nSPS) is 20.6. The molecule has 6 nitrogen and oxygen atoms in total. The summed E-state index contributed by atoms with van der Waals surface area (Å²) in [6.45, 7) is 1.20. The molecule has 1 aromatic carbocycles. The molecule has 3 unspecified atom stereocenters. The van der Waals surface area contributed by atoms with Crippen LogP contribution in [0.1, 0.15) is 36.5 Å². The Kier molecular flexibility index (Phi) is 7.19. The van der Waals surface area contributed by atoms with Crippen molar-refractivity contribution in [3.05, 3.63) is 66.0 Å². The number of nitrogens with one attached hydrogen (secondary N) is 2. The van der Waals surface area contributed by atoms with Crippen LogP contribution < -0.4 is 16.4 Å². The number of rotatable bonds is 7. The van der Waals surface area contributed by atoms with E-state index in [9.17, 15) is 4.79 Å². The van der Waals surface area contributed by atoms with Gasteiger partial charge < -0.3 is 21.1 Å². The molecule has 1 aromatic heterocycles. The maximum atomic E-state index is 12.2. The number of aromatic nitrogens is 1. The van der Waals surface area contributed by atoms with Crippen molar-refractivity contribution in [2.75, 3.05) is 13.2 Å². The van der Waals surface area contributed by atoms with Gasteiger partial charge in [0.15, 0.2) is 0 Å². The summed E-state index contributed by atoms with van der Waals surface area (Å²) >= 11 is 0. The van der Waals surface area contributed by atoms with Crippen molar-refractivity contribution < 1.29 is 9.53 Å². The molecule has 2 heterocycles. The van der Waals surface area contributed by atoms with Crippen LogP contribution in [0.5, 0.6) is 0 Å². The Hall–Kier alpha value is -2.44. The molecule has 0 saturated carbocycles. The van der Waals surface area contributed by atoms with Gasteiger partial charge in [-0.2, -0.15) is 0 Å². The van der Waals surface area contributed by atoms with Crippen LogP contribution >= 0.6 is 0 Å². The van der Waals surface area contributed by atoms with Gasteiger partial charge in [-0.3, -0.25) is 4.98 Å². The molecule has 0 radical (unpaired) electrons. The first-order valence-electron chi connectivity index (χ1n) is 9.56. The molecule has 1 aliphatic heterocycles. The van der Waals surface area contributed by atoms with E-state index in [-0.39, 0.29) is 24.2 Å². The van der Waals surface area contributed by atoms with Crippen molar-refractivity contribution in [2.24, 2.45) is 5.73 Å². The summed E-state index contributed by atoms with van der Waals surface area (Å²) < 4.78 is 5.82. The van der Waals surface area contributed by atoms with Gasteiger partial charge in [0.1, 0.15) is 0 Å². The lowest BCUT2D eigenvalue weighted by molar-refractivity contribution is 0.00208. The number of nitrogens with two attached hydrogens (primary N) is 1. The third-order valence-corrected chi connectivity index (χ3v) is 4.82. The highest BCUT2D eigenvalue weighted by Gasteiger charge is 2.25. The van der Waals surface area contributed by atoms with Crippen LogP contribution in [0.15, 0.2) is 54.9 Å². The van der Waals surface area contributed by atoms with Gasteiger partial charge in [-0.05, 0) is 42.9 Å². The van der Waals surface area contributed by atoms with E-state index in [1.165, 1.54) is 5.56 Å². The minimum absolute atomic E-state index is 0.0166. The van der Waals surface area contributed by atoms with E-state index in [0.29, 0.717) is 13.2 Å². The van der Waals surface area contributed by atoms with Gasteiger partial charge in [0, 0.05) is 37.6 Å². The molecule has 0 bridgehead atoms. The molecule has 4 N–H and O–H groups in total. The van der Waals surface area contributed by atoms with Gasteiger partial charge in [0.05, 0.1) is 6.10 Å². The molecule has 1 fully saturated rings. The first-order chi connectivity index (χ1) is 13.2. The number of nitrogens with zero attached hydrogens (tertiary/aromatic N) is 1. The second kappa shape index (κ2) is 10.0. The molecule has 0 aliphatic carbocycles. The van der Waals surface area contributed by atoms with Crippen molar-refractivity contribution in [1.29, 1.82) is 0 Å². The number of carbonyl (C=O) groups excluding carboxylic acids is 1. The summed E-state index contributed by atoms with van der Waals surface area (Å²) in [6.07, 6.45) is 6.69. The van der Waals surface area contributed by atoms with Gasteiger partial charge in [0.2, 0.25) is 0 Å². The van der Waals surface area contributed by atoms with Crippen LogP contribution in [0.4, 0.5) is 4.79 Å². The lowest BCUT2D eigenvalue weighted by atomic mass is 9.99. The molecule has 1 saturated heterocycles. The standard InChI is InChI=1S/C21H28N4O2/c22-18(13-16-5-2-1-3-6-16)8-11-24-21(26)25-19-9-12-27-20(14-19)17-7-4-10-23-15-17/h1-7,10,15,18-20H,8-9,11-14,22H2,(H2,24,25,26). The van der Waals surface area contributed by atoms with Crippen LogP contribution in [0.3, 0.4) is 0 Å². The highest BCUT2D eigenvalue weighted by molar-refractivity contribution is 5.74. The fourth-order valence-electron chi connectivity index (χ4n) is 3.35. The number of benzene rings is 1. The first kappa shape index (κ1) is 19.3. The second-order valence-electron chi connectivity index (χ2n) is 7.01. The summed E-state index contributed by atoms with van der Waals surface area (Å²) in [5.74, 6) is 0. The molecule has 1 aliphatic rings. The molecule has 3 atom stereocenters. The minimum Gasteiger partial charge on any atom is -0.373 e. The van der Waals surface area contributed by atoms with Crippen molar-refractivity contribution in [1.82, 2.24) is 15.6 Å². The number of ether oxygens (including phenoxy) is 1. The molecule has 6 heteroatoms. The maximum Gasteiger partial charge on any atom is 0.315 e. The van der Waals surface area contributed by atoms with E-state index in [1.54, 1.807) is 6.20 Å². The van der Waals surface area contributed by atoms with Crippen molar-refractivity contribution in [3.63, 3.8) is 0 Å². The van der Waals surface area contributed by atoms with Crippen molar-refractivity contribution >= 4 is 6.03 Å². The highest BCUT2D eigenvalue weighted by atomic mass is 16.5. The number of pyridine rings is 1. The van der Waals surface area contributed by atoms with Crippen LogP contribution in [-0.2, 0) is 11.2 Å². The van der Waals surface area contributed by atoms with Gasteiger partial charge in [-0.1, -0.05) is 36.4 Å². The number of urea groups is 1. The van der Waals surface area contributed by atoms with Crippen molar-refractivity contribution in [3.8, 4) is 0 Å². The Morgan fingerprint density at radius 2 is 2.11 bits per heavy atom. The molecule has 3 rings (SSSR count). The summed E-state index contributed by atoms with van der Waals surface area (Å²) in [6, 6.07) is 14.1. The third kappa shape index (κ3) is 6.34. The topological polar surface area (TPSA) is 89.3 Å². The van der Waals surface area contributed by atoms with E-state index in [2.05, 4.69) is 27.8 Å². The van der Waals surface area contributed by atoms with Crippen LogP contribution in [0, 0.1) is 0 Å². The van der Waals surface area contributed by atoms with E-state index in [4.69, 9.17) is 10.5 Å². The zero-order valence-electron chi connectivity index (χ0n) is 15.5. The van der Waals surface area contributed by atoms with Gasteiger partial charge >= 0.3 is 6.03 Å². The highest BCUT2D eigenvalue weighted by Crippen LogP contribution is 2.27. The summed E-state index contributed by atoms with van der Waals surface area (Å²) in [4.78, 5) is 16.3. The maximum absolute atomic E-state index is 12.2. The largest absolute Gasteiger partial charge is 0.373 e. The van der Waals surface area contributed by atoms with Crippen LogP contribution in [0.25, 0.3) is 0 Å². The SMILES string of the molecule is NC(CCNC(=O)NC1CCOC(c2cccnc2)C1)Cc1ccccc1. The Bertz CT molecular complexity index is 696. The van der Waals surface area contributed by atoms with Gasteiger partial charge in [0.25, 0.3) is 0 Å². The monoisotopic (exact) mass is 368 g/mol. The zero-order valence-corrected chi connectivity index (χ0v) is 15.5. The van der Waals surface area contributed by atoms with E-state index >= 15 is 0 Å². The third-order valence-electron chi connectivity index (χ3n) is 4.82. The molecule has 0 spiro atoms. The van der Waals surface area contributed by atoms with Gasteiger partial charge in [-0.15, -0.1) is 0 Å². The van der Waals surface area contributed by atoms with Gasteiger partial charge in [-0.25, -0.2) is 4.79 Å². The first-order valence-corrected chi connectivity index (χ1v) is 9.56. The summed E-state index contributed by atoms with van der Waals surface area (Å²) in [7, 11) is 0. The summed E-state index contributed by atoms with van der Waals surface area (Å²) in [5.41, 5.74) is 8.44. The Morgan fingerprint density at radius 3 is 2.89 bits per heavy atom. The second-order valence-corrected chi connectivity index (χ2v) is 7.01. The molecular weight excluding hydrogens is 340 g/mol. The fraction of sp³-hybridized carbons (Fsp3) is 0.429. The predicted octanol–water partition coefficient (Wildman–Crippen LogP) is 2.56. The number of amides is 2. The average molecular weight is 368 g/mol. The minimum atomic E-state index is -0.140. The Balaban J connectivity index is 1.36. The molecule has 2 amide bonds. The molecule has 144 valence electrons. The molecule has 2 aromatic rings. The van der Waals surface area contributed by atoms with E-state index in [0.717, 1.165) is 31.2 Å². The number of hydrogen-bond donors (Lipinski definition) is 3. The molecule has 27 heavy (non-hydrogen) atoms. The Labute approximate surface area is 160 Å². The number of carbonyl (C=O) groups is 1. The fourth-order valence-corrected chi connectivity index (χ4v) is 3.35. The van der Waals surface area contributed by atoms with E-state index < -0.39 is 0 Å². The zero-order chi connectivity index (χ0) is 18.9. The smallest absolute Gasteiger partial charge is 0.315 e. The number of hydrogen-bond acceptors (Lipinski definition) is 4. The molecular formula is C21H28N4O2. The van der Waals surface area contributed by atoms with E-state index in [1.807, 2.05) is 36.5 Å². The van der Waals surface area contributed by atoms with Crippen molar-refractivity contribution in [2.45, 2.75) is 43.9 Å². The average Bonchev–Trinajstić information content (AvgIpc) is 2.69. The lowest BCUT2D eigenvalue weighted by Crippen LogP contribution is -2.45. The predicted molar refractivity (Wildman–Crippen MR) is 105 cm³/mol. The van der Waals surface area contributed by atoms with Crippen LogP contribution in [-0.4, -0.2) is 36.3 Å². The Morgan fingerprint density at radius 1 is 1.26 bits per heavy atom. The summed E-state index contributed by atoms with van der Waals surface area (Å²) in [5, 5.41) is 5.97.